The lowest BCUT2D eigenvalue weighted by Gasteiger charge is -2.32. The molecule has 2 aromatic carbocycles. The smallest absolute Gasteiger partial charge is 0.408 e. The summed E-state index contributed by atoms with van der Waals surface area (Å²) in [5, 5.41) is 7.35. The number of rotatable bonds is 5. The molecule has 0 atom stereocenters. The average Bonchev–Trinajstić information content (AvgIpc) is 2.74. The minimum Gasteiger partial charge on any atom is -0.444 e. The Labute approximate surface area is 183 Å². The van der Waals surface area contributed by atoms with Crippen LogP contribution >= 0.6 is 0 Å². The highest BCUT2D eigenvalue weighted by Crippen LogP contribution is 2.23. The van der Waals surface area contributed by atoms with Crippen molar-refractivity contribution in [1.29, 1.82) is 0 Å². The van der Waals surface area contributed by atoms with Crippen molar-refractivity contribution in [3.63, 3.8) is 0 Å². The van der Waals surface area contributed by atoms with E-state index in [0.717, 1.165) is 29.2 Å². The summed E-state index contributed by atoms with van der Waals surface area (Å²) in [7, 11) is 0. The average molecular weight is 426 g/mol. The summed E-state index contributed by atoms with van der Waals surface area (Å²) in [5.74, 6) is 0.114. The maximum Gasteiger partial charge on any atom is 0.408 e. The Balaban J connectivity index is 1.43. The van der Waals surface area contributed by atoms with Gasteiger partial charge in [0.1, 0.15) is 5.60 Å². The van der Waals surface area contributed by atoms with Crippen molar-refractivity contribution in [1.82, 2.24) is 15.5 Å². The summed E-state index contributed by atoms with van der Waals surface area (Å²) < 4.78 is 5.11. The maximum atomic E-state index is 13.0. The van der Waals surface area contributed by atoms with Gasteiger partial charge in [-0.15, -0.1) is 0 Å². The van der Waals surface area contributed by atoms with Crippen LogP contribution in [0, 0.1) is 5.92 Å². The van der Waals surface area contributed by atoms with E-state index in [-0.39, 0.29) is 18.4 Å². The normalized spacial score (nSPS) is 14.9. The first-order valence-corrected chi connectivity index (χ1v) is 10.7. The Hall–Kier alpha value is -3.09. The number of piperidine rings is 1. The second-order valence-electron chi connectivity index (χ2n) is 8.92. The number of alkyl carbamates (subject to hydrolysis) is 1. The fraction of sp³-hybridized carbons (Fsp3) is 0.458. The van der Waals surface area contributed by atoms with Crippen LogP contribution in [0.5, 0.6) is 0 Å². The molecular weight excluding hydrogens is 394 g/mol. The van der Waals surface area contributed by atoms with E-state index >= 15 is 0 Å². The second-order valence-corrected chi connectivity index (χ2v) is 8.92. The molecule has 1 aliphatic heterocycles. The molecule has 0 radical (unpaired) electrons. The van der Waals surface area contributed by atoms with Crippen LogP contribution in [0.3, 0.4) is 0 Å². The van der Waals surface area contributed by atoms with Crippen LogP contribution in [0.25, 0.3) is 10.8 Å². The van der Waals surface area contributed by atoms with Crippen LogP contribution in [-0.2, 0) is 9.53 Å². The topological polar surface area (TPSA) is 87.7 Å². The zero-order valence-electron chi connectivity index (χ0n) is 18.4. The molecule has 1 fully saturated rings. The van der Waals surface area contributed by atoms with Gasteiger partial charge in [-0.1, -0.05) is 36.4 Å². The summed E-state index contributed by atoms with van der Waals surface area (Å²) in [6, 6.07) is 13.7. The lowest BCUT2D eigenvalue weighted by atomic mass is 9.95. The standard InChI is InChI=1S/C24H31N3O4/c1-24(2,3)31-23(30)26-16-21(28)25-15-17-11-13-27(14-12-17)22(29)20-10-6-8-18-7-4-5-9-19(18)20/h4-10,17H,11-16H2,1-3H3,(H,25,28)(H,26,30). The van der Waals surface area contributed by atoms with Crippen LogP contribution in [-0.4, -0.2) is 54.6 Å². The minimum absolute atomic E-state index is 0.0563. The van der Waals surface area contributed by atoms with E-state index in [9.17, 15) is 14.4 Å². The van der Waals surface area contributed by atoms with Gasteiger partial charge in [0.25, 0.3) is 5.91 Å². The number of fused-ring (bicyclic) bond motifs is 1. The highest BCUT2D eigenvalue weighted by Gasteiger charge is 2.25. The van der Waals surface area contributed by atoms with Crippen LogP contribution in [0.1, 0.15) is 44.0 Å². The first-order chi connectivity index (χ1) is 14.7. The Morgan fingerprint density at radius 2 is 1.68 bits per heavy atom. The molecule has 0 unspecified atom stereocenters. The van der Waals surface area contributed by atoms with Gasteiger partial charge < -0.3 is 20.3 Å². The molecule has 7 nitrogen and oxygen atoms in total. The fourth-order valence-electron chi connectivity index (χ4n) is 3.71. The van der Waals surface area contributed by atoms with E-state index in [0.29, 0.717) is 25.6 Å². The number of nitrogens with zero attached hydrogens (tertiary/aromatic N) is 1. The fourth-order valence-corrected chi connectivity index (χ4v) is 3.71. The van der Waals surface area contributed by atoms with Crippen molar-refractivity contribution < 1.29 is 19.1 Å². The van der Waals surface area contributed by atoms with Crippen molar-refractivity contribution >= 4 is 28.7 Å². The molecule has 0 aliphatic carbocycles. The summed E-state index contributed by atoms with van der Waals surface area (Å²) in [5.41, 5.74) is 0.135. The highest BCUT2D eigenvalue weighted by atomic mass is 16.6. The van der Waals surface area contributed by atoms with Gasteiger partial charge in [0.15, 0.2) is 0 Å². The van der Waals surface area contributed by atoms with Gasteiger partial charge in [0.05, 0.1) is 6.54 Å². The first-order valence-electron chi connectivity index (χ1n) is 10.7. The van der Waals surface area contributed by atoms with Gasteiger partial charge in [-0.25, -0.2) is 4.79 Å². The third-order valence-corrected chi connectivity index (χ3v) is 5.30. The van der Waals surface area contributed by atoms with Crippen molar-refractivity contribution in [2.45, 2.75) is 39.2 Å². The summed E-state index contributed by atoms with van der Waals surface area (Å²) in [6.07, 6.45) is 1.05. The zero-order valence-corrected chi connectivity index (χ0v) is 18.4. The highest BCUT2D eigenvalue weighted by molar-refractivity contribution is 6.07. The van der Waals surface area contributed by atoms with E-state index in [4.69, 9.17) is 4.74 Å². The van der Waals surface area contributed by atoms with E-state index in [2.05, 4.69) is 10.6 Å². The first kappa shape index (κ1) is 22.6. The molecule has 3 amide bonds. The molecule has 2 N–H and O–H groups in total. The minimum atomic E-state index is -0.608. The Bertz CT molecular complexity index is 938. The SMILES string of the molecule is CC(C)(C)OC(=O)NCC(=O)NCC1CCN(C(=O)c2cccc3ccccc23)CC1. The summed E-state index contributed by atoms with van der Waals surface area (Å²) >= 11 is 0. The molecule has 0 saturated carbocycles. The predicted molar refractivity (Wildman–Crippen MR) is 120 cm³/mol. The van der Waals surface area contributed by atoms with E-state index in [1.165, 1.54) is 0 Å². The summed E-state index contributed by atoms with van der Waals surface area (Å²) in [6.45, 7) is 7.05. The van der Waals surface area contributed by atoms with Crippen molar-refractivity contribution in [2.75, 3.05) is 26.2 Å². The monoisotopic (exact) mass is 425 g/mol. The number of nitrogens with one attached hydrogen (secondary N) is 2. The lowest BCUT2D eigenvalue weighted by molar-refractivity contribution is -0.120. The third kappa shape index (κ3) is 6.44. The molecule has 0 aromatic heterocycles. The second kappa shape index (κ2) is 9.81. The zero-order chi connectivity index (χ0) is 22.4. The number of hydrogen-bond donors (Lipinski definition) is 2. The quantitative estimate of drug-likeness (QED) is 0.769. The molecule has 166 valence electrons. The number of benzene rings is 2. The van der Waals surface area contributed by atoms with Gasteiger partial charge in [0.2, 0.25) is 5.91 Å². The van der Waals surface area contributed by atoms with Crippen molar-refractivity contribution in [3.8, 4) is 0 Å². The number of hydrogen-bond acceptors (Lipinski definition) is 4. The van der Waals surface area contributed by atoms with Crippen molar-refractivity contribution in [2.24, 2.45) is 5.92 Å². The van der Waals surface area contributed by atoms with Gasteiger partial charge in [0, 0.05) is 25.2 Å². The molecule has 7 heteroatoms. The molecule has 1 aliphatic rings. The largest absolute Gasteiger partial charge is 0.444 e. The van der Waals surface area contributed by atoms with Gasteiger partial charge in [-0.05, 0) is 56.4 Å². The molecule has 1 saturated heterocycles. The van der Waals surface area contributed by atoms with Crippen molar-refractivity contribution in [3.05, 3.63) is 48.0 Å². The van der Waals surface area contributed by atoms with Gasteiger partial charge in [-0.2, -0.15) is 0 Å². The third-order valence-electron chi connectivity index (χ3n) is 5.30. The van der Waals surface area contributed by atoms with Crippen LogP contribution in [0.4, 0.5) is 4.79 Å². The molecular formula is C24H31N3O4. The number of carbonyl (C=O) groups excluding carboxylic acids is 3. The molecule has 0 spiro atoms. The molecule has 1 heterocycles. The predicted octanol–water partition coefficient (Wildman–Crippen LogP) is 3.33. The van der Waals surface area contributed by atoms with Crippen LogP contribution in [0.2, 0.25) is 0 Å². The van der Waals surface area contributed by atoms with E-state index in [1.54, 1.807) is 20.8 Å². The maximum absolute atomic E-state index is 13.0. The molecule has 0 bridgehead atoms. The molecule has 31 heavy (non-hydrogen) atoms. The number of carbonyl (C=O) groups is 3. The number of likely N-dealkylation sites (tertiary alicyclic amines) is 1. The molecule has 2 aromatic rings. The number of ether oxygens (including phenoxy) is 1. The number of amides is 3. The van der Waals surface area contributed by atoms with Gasteiger partial charge >= 0.3 is 6.09 Å². The Morgan fingerprint density at radius 3 is 2.39 bits per heavy atom. The van der Waals surface area contributed by atoms with Crippen LogP contribution in [0.15, 0.2) is 42.5 Å². The van der Waals surface area contributed by atoms with Crippen LogP contribution < -0.4 is 10.6 Å². The molecule has 3 rings (SSSR count). The Kier molecular flexibility index (Phi) is 7.15. The van der Waals surface area contributed by atoms with E-state index < -0.39 is 11.7 Å². The Morgan fingerprint density at radius 1 is 1.00 bits per heavy atom. The van der Waals surface area contributed by atoms with Gasteiger partial charge in [-0.3, -0.25) is 9.59 Å². The lowest BCUT2D eigenvalue weighted by Crippen LogP contribution is -2.44. The van der Waals surface area contributed by atoms with E-state index in [1.807, 2.05) is 47.4 Å². The summed E-state index contributed by atoms with van der Waals surface area (Å²) in [4.78, 5) is 38.5.